The number of hydrogen-bond donors (Lipinski definition) is 1. The Morgan fingerprint density at radius 3 is 2.62 bits per heavy atom. The highest BCUT2D eigenvalue weighted by Gasteiger charge is 2.16. The maximum Gasteiger partial charge on any atom is 0.150 e. The molecule has 0 amide bonds. The summed E-state index contributed by atoms with van der Waals surface area (Å²) in [5.41, 5.74) is 0.948. The van der Waals surface area contributed by atoms with Crippen LogP contribution >= 0.6 is 0 Å². The summed E-state index contributed by atoms with van der Waals surface area (Å²) in [4.78, 5) is 2.22. The van der Waals surface area contributed by atoms with E-state index < -0.39 is 9.84 Å². The topological polar surface area (TPSA) is 67.9 Å². The normalized spacial score (nSPS) is 15.8. The van der Waals surface area contributed by atoms with Crippen molar-refractivity contribution in [3.8, 4) is 11.5 Å². The summed E-state index contributed by atoms with van der Waals surface area (Å²) >= 11 is 0. The van der Waals surface area contributed by atoms with Gasteiger partial charge in [-0.15, -0.1) is 0 Å². The zero-order chi connectivity index (χ0) is 15.3. The van der Waals surface area contributed by atoms with E-state index in [0.29, 0.717) is 5.75 Å². The molecule has 0 atom stereocenters. The second kappa shape index (κ2) is 7.00. The molecule has 1 aliphatic heterocycles. The molecule has 0 unspecified atom stereocenters. The Kier molecular flexibility index (Phi) is 5.30. The van der Waals surface area contributed by atoms with Crippen molar-refractivity contribution in [1.29, 1.82) is 0 Å². The first-order valence-electron chi connectivity index (χ1n) is 6.94. The van der Waals surface area contributed by atoms with Gasteiger partial charge in [-0.2, -0.15) is 0 Å². The Morgan fingerprint density at radius 2 is 2.00 bits per heavy atom. The molecular weight excluding hydrogens is 292 g/mol. The van der Waals surface area contributed by atoms with E-state index in [1.807, 2.05) is 18.2 Å². The lowest BCUT2D eigenvalue weighted by Crippen LogP contribution is -2.43. The molecule has 0 aromatic heterocycles. The quantitative estimate of drug-likeness (QED) is 0.826. The lowest BCUT2D eigenvalue weighted by Gasteiger charge is -2.31. The van der Waals surface area contributed by atoms with Crippen LogP contribution in [-0.2, 0) is 9.84 Å². The molecule has 1 aromatic rings. The largest absolute Gasteiger partial charge is 0.497 e. The monoisotopic (exact) mass is 314 g/mol. The first kappa shape index (κ1) is 15.9. The molecule has 1 aromatic carbocycles. The number of nitrogens with zero attached hydrogens (tertiary/aromatic N) is 1. The third-order valence-electron chi connectivity index (χ3n) is 3.34. The third kappa shape index (κ3) is 4.78. The van der Waals surface area contributed by atoms with Crippen LogP contribution in [0.15, 0.2) is 18.2 Å². The van der Waals surface area contributed by atoms with Gasteiger partial charge in [0.05, 0.1) is 18.6 Å². The molecule has 0 bridgehead atoms. The average molecular weight is 314 g/mol. The Labute approximate surface area is 126 Å². The van der Waals surface area contributed by atoms with Crippen molar-refractivity contribution in [2.24, 2.45) is 0 Å². The van der Waals surface area contributed by atoms with E-state index in [2.05, 4.69) is 10.2 Å². The van der Waals surface area contributed by atoms with E-state index in [4.69, 9.17) is 9.47 Å². The van der Waals surface area contributed by atoms with Gasteiger partial charge in [0.15, 0.2) is 9.84 Å². The van der Waals surface area contributed by atoms with Gasteiger partial charge in [0.1, 0.15) is 18.1 Å². The molecule has 7 heteroatoms. The molecule has 1 fully saturated rings. The summed E-state index contributed by atoms with van der Waals surface area (Å²) in [5, 5.41) is 3.30. The zero-order valence-corrected chi connectivity index (χ0v) is 13.3. The van der Waals surface area contributed by atoms with Crippen LogP contribution in [0.1, 0.15) is 0 Å². The molecule has 1 saturated heterocycles. The van der Waals surface area contributed by atoms with E-state index in [-0.39, 0.29) is 12.4 Å². The van der Waals surface area contributed by atoms with Crippen molar-refractivity contribution >= 4 is 15.5 Å². The van der Waals surface area contributed by atoms with E-state index in [9.17, 15) is 8.42 Å². The summed E-state index contributed by atoms with van der Waals surface area (Å²) in [7, 11) is -1.39. The van der Waals surface area contributed by atoms with Crippen LogP contribution in [0.2, 0.25) is 0 Å². The van der Waals surface area contributed by atoms with Gasteiger partial charge < -0.3 is 19.7 Å². The number of sulfone groups is 1. The lowest BCUT2D eigenvalue weighted by atomic mass is 10.2. The molecular formula is C14H22N2O4S. The second-order valence-corrected chi connectivity index (χ2v) is 7.31. The van der Waals surface area contributed by atoms with Gasteiger partial charge in [-0.3, -0.25) is 0 Å². The Bertz CT molecular complexity index is 568. The molecule has 2 rings (SSSR count). The number of benzene rings is 1. The number of ether oxygens (including phenoxy) is 2. The molecule has 0 radical (unpaired) electrons. The van der Waals surface area contributed by atoms with Crippen LogP contribution in [-0.4, -0.2) is 60.3 Å². The molecule has 21 heavy (non-hydrogen) atoms. The maximum atomic E-state index is 11.2. The van der Waals surface area contributed by atoms with Crippen molar-refractivity contribution in [3.05, 3.63) is 18.2 Å². The van der Waals surface area contributed by atoms with Crippen LogP contribution < -0.4 is 19.7 Å². The lowest BCUT2D eigenvalue weighted by molar-refractivity contribution is 0.339. The van der Waals surface area contributed by atoms with Crippen LogP contribution in [0.4, 0.5) is 5.69 Å². The smallest absolute Gasteiger partial charge is 0.150 e. The van der Waals surface area contributed by atoms with Crippen molar-refractivity contribution in [2.75, 3.05) is 56.8 Å². The zero-order valence-electron chi connectivity index (χ0n) is 12.5. The van der Waals surface area contributed by atoms with Crippen LogP contribution in [0, 0.1) is 0 Å². The molecule has 1 heterocycles. The minimum absolute atomic E-state index is 0.0139. The average Bonchev–Trinajstić information content (AvgIpc) is 2.47. The van der Waals surface area contributed by atoms with Gasteiger partial charge in [-0.25, -0.2) is 8.42 Å². The van der Waals surface area contributed by atoms with Crippen molar-refractivity contribution in [1.82, 2.24) is 5.32 Å². The third-order valence-corrected chi connectivity index (χ3v) is 4.24. The van der Waals surface area contributed by atoms with Crippen molar-refractivity contribution in [3.63, 3.8) is 0 Å². The minimum Gasteiger partial charge on any atom is -0.497 e. The molecule has 0 saturated carbocycles. The Morgan fingerprint density at radius 1 is 1.29 bits per heavy atom. The first-order chi connectivity index (χ1) is 9.99. The van der Waals surface area contributed by atoms with Gasteiger partial charge in [0.25, 0.3) is 0 Å². The summed E-state index contributed by atoms with van der Waals surface area (Å²) < 4.78 is 33.3. The fourth-order valence-electron chi connectivity index (χ4n) is 2.20. The summed E-state index contributed by atoms with van der Waals surface area (Å²) in [5.74, 6) is 1.47. The Balaban J connectivity index is 2.14. The predicted octanol–water partition coefficient (Wildman–Crippen LogP) is 0.528. The van der Waals surface area contributed by atoms with E-state index in [1.165, 1.54) is 6.26 Å². The second-order valence-electron chi connectivity index (χ2n) is 5.05. The molecule has 0 aliphatic carbocycles. The first-order valence-corrected chi connectivity index (χ1v) is 9.00. The van der Waals surface area contributed by atoms with Gasteiger partial charge in [-0.05, 0) is 12.1 Å². The maximum absolute atomic E-state index is 11.2. The van der Waals surface area contributed by atoms with Crippen molar-refractivity contribution < 1.29 is 17.9 Å². The fourth-order valence-corrected chi connectivity index (χ4v) is 2.59. The van der Waals surface area contributed by atoms with Gasteiger partial charge in [-0.1, -0.05) is 0 Å². The number of anilines is 1. The molecule has 0 spiro atoms. The highest BCUT2D eigenvalue weighted by atomic mass is 32.2. The fraction of sp³-hybridized carbons (Fsp3) is 0.571. The highest BCUT2D eigenvalue weighted by Crippen LogP contribution is 2.32. The summed E-state index contributed by atoms with van der Waals surface area (Å²) in [6.45, 7) is 3.76. The number of hydrogen-bond acceptors (Lipinski definition) is 6. The SMILES string of the molecule is COc1ccc(OCCS(C)(=O)=O)c(N2CCNCC2)c1. The highest BCUT2D eigenvalue weighted by molar-refractivity contribution is 7.90. The molecule has 6 nitrogen and oxygen atoms in total. The Hall–Kier alpha value is -1.47. The molecule has 1 N–H and O–H groups in total. The number of piperazine rings is 1. The van der Waals surface area contributed by atoms with E-state index in [0.717, 1.165) is 37.6 Å². The van der Waals surface area contributed by atoms with Gasteiger partial charge in [0.2, 0.25) is 0 Å². The standard InChI is InChI=1S/C14H22N2O4S/c1-19-12-3-4-14(20-9-10-21(2,17)18)13(11-12)16-7-5-15-6-8-16/h3-4,11,15H,5-10H2,1-2H3. The molecule has 1 aliphatic rings. The van der Waals surface area contributed by atoms with Crippen LogP contribution in [0.3, 0.4) is 0 Å². The minimum atomic E-state index is -3.02. The van der Waals surface area contributed by atoms with Crippen molar-refractivity contribution in [2.45, 2.75) is 0 Å². The van der Waals surface area contributed by atoms with Gasteiger partial charge >= 0.3 is 0 Å². The van der Waals surface area contributed by atoms with E-state index >= 15 is 0 Å². The predicted molar refractivity (Wildman–Crippen MR) is 83.3 cm³/mol. The van der Waals surface area contributed by atoms with Crippen LogP contribution in [0.25, 0.3) is 0 Å². The van der Waals surface area contributed by atoms with E-state index in [1.54, 1.807) is 7.11 Å². The van der Waals surface area contributed by atoms with Gasteiger partial charge in [0, 0.05) is 38.5 Å². The summed E-state index contributed by atoms with van der Waals surface area (Å²) in [6.07, 6.45) is 1.21. The summed E-state index contributed by atoms with van der Waals surface area (Å²) in [6, 6.07) is 5.58. The molecule has 118 valence electrons. The van der Waals surface area contributed by atoms with Crippen LogP contribution in [0.5, 0.6) is 11.5 Å². The number of rotatable bonds is 6. The number of nitrogens with one attached hydrogen (secondary N) is 1. The number of methoxy groups -OCH3 is 1.